The summed E-state index contributed by atoms with van der Waals surface area (Å²) < 4.78 is 32.5. The Morgan fingerprint density at radius 3 is 2.29 bits per heavy atom. The molecule has 0 heterocycles. The second-order valence-electron chi connectivity index (χ2n) is 5.25. The fourth-order valence-electron chi connectivity index (χ4n) is 2.01. The number of methoxy groups -OCH3 is 1. The van der Waals surface area contributed by atoms with Crippen LogP contribution in [-0.4, -0.2) is 34.4 Å². The van der Waals surface area contributed by atoms with Gasteiger partial charge in [0.25, 0.3) is 10.1 Å². The Kier molecular flexibility index (Phi) is 6.45. The summed E-state index contributed by atoms with van der Waals surface area (Å²) in [6.07, 6.45) is 1.53. The zero-order chi connectivity index (χ0) is 17.4. The van der Waals surface area contributed by atoms with E-state index in [-0.39, 0.29) is 6.61 Å². The third-order valence-electron chi connectivity index (χ3n) is 3.20. The molecule has 0 aliphatic heterocycles. The highest BCUT2D eigenvalue weighted by Gasteiger charge is 2.13. The van der Waals surface area contributed by atoms with Crippen molar-refractivity contribution in [2.24, 2.45) is 10.2 Å². The van der Waals surface area contributed by atoms with Gasteiger partial charge >= 0.3 is 0 Å². The molecule has 2 aromatic carbocycles. The van der Waals surface area contributed by atoms with E-state index in [1.807, 2.05) is 54.6 Å². The minimum atomic E-state index is -3.53. The van der Waals surface area contributed by atoms with Gasteiger partial charge in [-0.05, 0) is 36.2 Å². The van der Waals surface area contributed by atoms with Crippen molar-refractivity contribution in [1.29, 1.82) is 0 Å². The molecule has 0 fully saturated rings. The molecule has 2 aromatic rings. The van der Waals surface area contributed by atoms with Gasteiger partial charge in [0, 0.05) is 0 Å². The van der Waals surface area contributed by atoms with Gasteiger partial charge in [-0.1, -0.05) is 30.3 Å². The number of benzene rings is 2. The van der Waals surface area contributed by atoms with Crippen molar-refractivity contribution < 1.29 is 17.3 Å². The van der Waals surface area contributed by atoms with Crippen molar-refractivity contribution in [2.45, 2.75) is 12.5 Å². The summed E-state index contributed by atoms with van der Waals surface area (Å²) in [7, 11) is -1.92. The molecular weight excluding hydrogens is 328 g/mol. The largest absolute Gasteiger partial charge is 0.497 e. The number of azo groups is 1. The van der Waals surface area contributed by atoms with Gasteiger partial charge in [0.15, 0.2) is 0 Å². The van der Waals surface area contributed by atoms with Gasteiger partial charge in [-0.15, -0.1) is 0 Å². The average molecular weight is 348 g/mol. The molecule has 0 aromatic heterocycles. The number of rotatable bonds is 8. The van der Waals surface area contributed by atoms with Gasteiger partial charge in [0.05, 0.1) is 31.7 Å². The topological polar surface area (TPSA) is 77.3 Å². The van der Waals surface area contributed by atoms with Crippen LogP contribution >= 0.6 is 0 Å². The molecule has 2 rings (SSSR count). The van der Waals surface area contributed by atoms with Crippen molar-refractivity contribution in [1.82, 2.24) is 0 Å². The van der Waals surface area contributed by atoms with Crippen LogP contribution in [0.2, 0.25) is 0 Å². The summed E-state index contributed by atoms with van der Waals surface area (Å²) in [4.78, 5) is 0. The second-order valence-corrected chi connectivity index (χ2v) is 6.89. The van der Waals surface area contributed by atoms with Gasteiger partial charge in [-0.2, -0.15) is 18.6 Å². The molecule has 6 nitrogen and oxygen atoms in total. The lowest BCUT2D eigenvalue weighted by Crippen LogP contribution is -2.19. The van der Waals surface area contributed by atoms with Gasteiger partial charge in [-0.3, -0.25) is 4.18 Å². The minimum Gasteiger partial charge on any atom is -0.497 e. The maximum atomic E-state index is 11.2. The summed E-state index contributed by atoms with van der Waals surface area (Å²) >= 11 is 0. The first-order valence-electron chi connectivity index (χ1n) is 7.39. The van der Waals surface area contributed by atoms with E-state index < -0.39 is 16.2 Å². The number of hydrogen-bond acceptors (Lipinski definition) is 6. The average Bonchev–Trinajstić information content (AvgIpc) is 2.58. The standard InChI is InChI=1S/C17H20N2O4S/c1-22-17-10-8-14(9-11-17)12-16(13-23-24(2,20)21)19-18-15-6-4-3-5-7-15/h3-11,16H,12-13H2,1-2H3. The van der Waals surface area contributed by atoms with E-state index in [2.05, 4.69) is 10.2 Å². The van der Waals surface area contributed by atoms with Crippen LogP contribution in [0.1, 0.15) is 5.56 Å². The highest BCUT2D eigenvalue weighted by atomic mass is 32.2. The molecule has 1 unspecified atom stereocenters. The van der Waals surface area contributed by atoms with Gasteiger partial charge in [-0.25, -0.2) is 0 Å². The number of ether oxygens (including phenoxy) is 1. The normalized spacial score (nSPS) is 13.1. The fraction of sp³-hybridized carbons (Fsp3) is 0.294. The zero-order valence-electron chi connectivity index (χ0n) is 13.6. The van der Waals surface area contributed by atoms with Crippen LogP contribution in [0.25, 0.3) is 0 Å². The molecule has 0 aliphatic carbocycles. The highest BCUT2D eigenvalue weighted by Crippen LogP contribution is 2.16. The smallest absolute Gasteiger partial charge is 0.264 e. The lowest BCUT2D eigenvalue weighted by atomic mass is 10.1. The summed E-state index contributed by atoms with van der Waals surface area (Å²) in [5, 5.41) is 8.40. The molecule has 128 valence electrons. The summed E-state index contributed by atoms with van der Waals surface area (Å²) in [5.41, 5.74) is 1.70. The molecule has 0 aliphatic rings. The van der Waals surface area contributed by atoms with Crippen LogP contribution in [0.3, 0.4) is 0 Å². The first-order valence-corrected chi connectivity index (χ1v) is 9.21. The summed E-state index contributed by atoms with van der Waals surface area (Å²) in [5.74, 6) is 0.758. The maximum Gasteiger partial charge on any atom is 0.264 e. The first-order chi connectivity index (χ1) is 11.5. The van der Waals surface area contributed by atoms with Crippen molar-refractivity contribution in [3.05, 3.63) is 60.2 Å². The maximum absolute atomic E-state index is 11.2. The Bertz CT molecular complexity index is 759. The third-order valence-corrected chi connectivity index (χ3v) is 3.76. The number of hydrogen-bond donors (Lipinski definition) is 0. The monoisotopic (exact) mass is 348 g/mol. The minimum absolute atomic E-state index is 0.0544. The van der Waals surface area contributed by atoms with Gasteiger partial charge in [0.1, 0.15) is 5.75 Å². The predicted molar refractivity (Wildman–Crippen MR) is 92.2 cm³/mol. The number of nitrogens with zero attached hydrogens (tertiary/aromatic N) is 2. The molecule has 0 N–H and O–H groups in total. The molecule has 1 atom stereocenters. The van der Waals surface area contributed by atoms with Gasteiger partial charge in [0.2, 0.25) is 0 Å². The Hall–Kier alpha value is -2.25. The Labute approximate surface area is 142 Å². The van der Waals surface area contributed by atoms with Crippen LogP contribution in [0, 0.1) is 0 Å². The quantitative estimate of drug-likeness (QED) is 0.541. The lowest BCUT2D eigenvalue weighted by molar-refractivity contribution is 0.291. The SMILES string of the molecule is COc1ccc(CC(COS(C)(=O)=O)N=Nc2ccccc2)cc1. The van der Waals surface area contributed by atoms with E-state index in [0.29, 0.717) is 12.1 Å². The van der Waals surface area contributed by atoms with Crippen LogP contribution in [0.4, 0.5) is 5.69 Å². The molecule has 0 radical (unpaired) electrons. The third kappa shape index (κ3) is 6.47. The zero-order valence-corrected chi connectivity index (χ0v) is 14.4. The van der Waals surface area contributed by atoms with Crippen LogP contribution in [0.15, 0.2) is 64.8 Å². The van der Waals surface area contributed by atoms with E-state index in [0.717, 1.165) is 17.6 Å². The van der Waals surface area contributed by atoms with Crippen molar-refractivity contribution in [2.75, 3.05) is 20.0 Å². The van der Waals surface area contributed by atoms with Crippen molar-refractivity contribution >= 4 is 15.8 Å². The van der Waals surface area contributed by atoms with Crippen LogP contribution in [-0.2, 0) is 20.7 Å². The predicted octanol–water partition coefficient (Wildman–Crippen LogP) is 3.37. The molecule has 7 heteroatoms. The van der Waals surface area contributed by atoms with Crippen LogP contribution in [0.5, 0.6) is 5.75 Å². The fourth-order valence-corrected chi connectivity index (χ4v) is 2.42. The molecule has 24 heavy (non-hydrogen) atoms. The second kappa shape index (κ2) is 8.56. The highest BCUT2D eigenvalue weighted by molar-refractivity contribution is 7.85. The lowest BCUT2D eigenvalue weighted by Gasteiger charge is -2.11. The van der Waals surface area contributed by atoms with Crippen molar-refractivity contribution in [3.63, 3.8) is 0 Å². The van der Waals surface area contributed by atoms with Crippen molar-refractivity contribution in [3.8, 4) is 5.75 Å². The molecule has 0 amide bonds. The Morgan fingerprint density at radius 1 is 1.04 bits per heavy atom. The first kappa shape index (κ1) is 18.1. The Balaban J connectivity index is 2.10. The van der Waals surface area contributed by atoms with Crippen LogP contribution < -0.4 is 4.74 Å². The summed E-state index contributed by atoms with van der Waals surface area (Å²) in [6, 6.07) is 16.4. The summed E-state index contributed by atoms with van der Waals surface area (Å²) in [6.45, 7) is -0.0544. The molecule has 0 bridgehead atoms. The van der Waals surface area contributed by atoms with E-state index in [1.54, 1.807) is 7.11 Å². The molecule has 0 saturated heterocycles. The molecule has 0 saturated carbocycles. The van der Waals surface area contributed by atoms with Gasteiger partial charge < -0.3 is 4.74 Å². The Morgan fingerprint density at radius 2 is 1.71 bits per heavy atom. The van der Waals surface area contributed by atoms with E-state index in [4.69, 9.17) is 8.92 Å². The van der Waals surface area contributed by atoms with E-state index in [1.165, 1.54) is 0 Å². The molecule has 0 spiro atoms. The van der Waals surface area contributed by atoms with E-state index in [9.17, 15) is 8.42 Å². The molecular formula is C17H20N2O4S. The van der Waals surface area contributed by atoms with E-state index >= 15 is 0 Å².